The predicted octanol–water partition coefficient (Wildman–Crippen LogP) is 3.43. The highest BCUT2D eigenvalue weighted by Crippen LogP contribution is 2.35. The fourth-order valence-electron chi connectivity index (χ4n) is 1.30. The number of nitrogens with zero attached hydrogens (tertiary/aromatic N) is 1. The normalized spacial score (nSPS) is 11.0. The SMILES string of the molecule is CC(=O)c1c(C#N)cc(Cl)cc1C(F)(F)F. The van der Waals surface area contributed by atoms with Gasteiger partial charge in [0.25, 0.3) is 0 Å². The Labute approximate surface area is 94.2 Å². The van der Waals surface area contributed by atoms with Gasteiger partial charge in [-0.1, -0.05) is 11.6 Å². The molecule has 6 heteroatoms. The van der Waals surface area contributed by atoms with Gasteiger partial charge in [-0.25, -0.2) is 0 Å². The van der Waals surface area contributed by atoms with E-state index in [4.69, 9.17) is 16.9 Å². The first-order valence-corrected chi connectivity index (χ1v) is 4.47. The Kier molecular flexibility index (Phi) is 3.24. The van der Waals surface area contributed by atoms with Gasteiger partial charge < -0.3 is 0 Å². The maximum absolute atomic E-state index is 12.6. The summed E-state index contributed by atoms with van der Waals surface area (Å²) in [5.74, 6) is -0.819. The van der Waals surface area contributed by atoms with Crippen molar-refractivity contribution < 1.29 is 18.0 Å². The number of alkyl halides is 3. The number of ketones is 1. The summed E-state index contributed by atoms with van der Waals surface area (Å²) in [6.07, 6.45) is -4.71. The Balaban J connectivity index is 3.66. The fraction of sp³-hybridized carbons (Fsp3) is 0.200. The number of carbonyl (C=O) groups excluding carboxylic acids is 1. The third-order valence-electron chi connectivity index (χ3n) is 1.88. The van der Waals surface area contributed by atoms with Crippen molar-refractivity contribution in [1.29, 1.82) is 5.26 Å². The number of hydrogen-bond acceptors (Lipinski definition) is 2. The number of halogens is 4. The summed E-state index contributed by atoms with van der Waals surface area (Å²) in [5.41, 5.74) is -2.18. The van der Waals surface area contributed by atoms with Crippen molar-refractivity contribution in [2.75, 3.05) is 0 Å². The van der Waals surface area contributed by atoms with Crippen molar-refractivity contribution in [1.82, 2.24) is 0 Å². The molecule has 0 fully saturated rings. The van der Waals surface area contributed by atoms with Gasteiger partial charge in [0.2, 0.25) is 0 Å². The van der Waals surface area contributed by atoms with Crippen LogP contribution in [-0.2, 0) is 6.18 Å². The summed E-state index contributed by atoms with van der Waals surface area (Å²) >= 11 is 5.45. The minimum atomic E-state index is -4.71. The third-order valence-corrected chi connectivity index (χ3v) is 2.10. The molecule has 0 aliphatic heterocycles. The molecule has 84 valence electrons. The molecular weight excluding hydrogens is 243 g/mol. The maximum Gasteiger partial charge on any atom is 0.417 e. The van der Waals surface area contributed by atoms with Crippen LogP contribution in [0.25, 0.3) is 0 Å². The summed E-state index contributed by atoms with van der Waals surface area (Å²) in [4.78, 5) is 11.1. The molecule has 0 bridgehead atoms. The summed E-state index contributed by atoms with van der Waals surface area (Å²) in [7, 11) is 0. The van der Waals surface area contributed by atoms with E-state index in [2.05, 4.69) is 0 Å². The molecule has 1 aromatic carbocycles. The van der Waals surface area contributed by atoms with E-state index in [-0.39, 0.29) is 10.6 Å². The van der Waals surface area contributed by atoms with Crippen LogP contribution in [0, 0.1) is 11.3 Å². The molecule has 0 amide bonds. The van der Waals surface area contributed by atoms with Gasteiger partial charge in [0.1, 0.15) is 0 Å². The van der Waals surface area contributed by atoms with Crippen LogP contribution in [0.3, 0.4) is 0 Å². The van der Waals surface area contributed by atoms with Crippen molar-refractivity contribution in [3.63, 3.8) is 0 Å². The number of Topliss-reactive ketones (excluding diaryl/α,β-unsaturated/α-hetero) is 1. The highest BCUT2D eigenvalue weighted by Gasteiger charge is 2.36. The van der Waals surface area contributed by atoms with Gasteiger partial charge in [0, 0.05) is 10.6 Å². The molecule has 0 saturated heterocycles. The zero-order valence-electron chi connectivity index (χ0n) is 8.02. The van der Waals surface area contributed by atoms with E-state index in [0.29, 0.717) is 6.07 Å². The van der Waals surface area contributed by atoms with Gasteiger partial charge in [-0.15, -0.1) is 0 Å². The van der Waals surface area contributed by atoms with Gasteiger partial charge in [0.15, 0.2) is 5.78 Å². The maximum atomic E-state index is 12.6. The molecule has 0 aliphatic rings. The summed E-state index contributed by atoms with van der Waals surface area (Å²) in [5, 5.41) is 8.43. The number of benzene rings is 1. The van der Waals surface area contributed by atoms with E-state index in [0.717, 1.165) is 13.0 Å². The smallest absolute Gasteiger partial charge is 0.294 e. The van der Waals surface area contributed by atoms with E-state index in [1.165, 1.54) is 6.07 Å². The average Bonchev–Trinajstić information content (AvgIpc) is 2.14. The molecule has 1 rings (SSSR count). The second-order valence-electron chi connectivity index (χ2n) is 3.04. The molecule has 16 heavy (non-hydrogen) atoms. The quantitative estimate of drug-likeness (QED) is 0.714. The lowest BCUT2D eigenvalue weighted by Crippen LogP contribution is -2.13. The molecule has 1 aromatic rings. The van der Waals surface area contributed by atoms with Crippen molar-refractivity contribution in [3.05, 3.63) is 33.8 Å². The number of carbonyl (C=O) groups is 1. The van der Waals surface area contributed by atoms with Gasteiger partial charge in [0.05, 0.1) is 17.2 Å². The van der Waals surface area contributed by atoms with E-state index in [1.54, 1.807) is 0 Å². The Bertz CT molecular complexity index is 488. The second-order valence-corrected chi connectivity index (χ2v) is 3.48. The van der Waals surface area contributed by atoms with E-state index >= 15 is 0 Å². The fourth-order valence-corrected chi connectivity index (χ4v) is 1.52. The minimum Gasteiger partial charge on any atom is -0.294 e. The molecule has 0 saturated carbocycles. The van der Waals surface area contributed by atoms with Crippen LogP contribution in [0.5, 0.6) is 0 Å². The van der Waals surface area contributed by atoms with Crippen LogP contribution in [0.15, 0.2) is 12.1 Å². The first kappa shape index (κ1) is 12.5. The molecule has 0 atom stereocenters. The first-order chi connectivity index (χ1) is 7.27. The molecule has 0 aromatic heterocycles. The van der Waals surface area contributed by atoms with Gasteiger partial charge >= 0.3 is 6.18 Å². The molecule has 0 radical (unpaired) electrons. The molecule has 0 unspecified atom stereocenters. The monoisotopic (exact) mass is 247 g/mol. The molecule has 0 heterocycles. The summed E-state index contributed by atoms with van der Waals surface area (Å²) in [6.45, 7) is 0.972. The van der Waals surface area contributed by atoms with E-state index < -0.39 is 23.1 Å². The average molecular weight is 248 g/mol. The van der Waals surface area contributed by atoms with Crippen LogP contribution >= 0.6 is 11.6 Å². The van der Waals surface area contributed by atoms with Crippen molar-refractivity contribution in [3.8, 4) is 6.07 Å². The zero-order valence-corrected chi connectivity index (χ0v) is 8.78. The highest BCUT2D eigenvalue weighted by molar-refractivity contribution is 6.31. The Morgan fingerprint density at radius 3 is 2.38 bits per heavy atom. The third kappa shape index (κ3) is 2.34. The van der Waals surface area contributed by atoms with Crippen molar-refractivity contribution in [2.24, 2.45) is 0 Å². The topological polar surface area (TPSA) is 40.9 Å². The number of hydrogen-bond donors (Lipinski definition) is 0. The summed E-state index contributed by atoms with van der Waals surface area (Å²) in [6, 6.07) is 3.20. The van der Waals surface area contributed by atoms with E-state index in [9.17, 15) is 18.0 Å². The van der Waals surface area contributed by atoms with Crippen LogP contribution in [0.1, 0.15) is 28.4 Å². The standard InChI is InChI=1S/C10H5ClF3NO/c1-5(16)9-6(4-15)2-7(11)3-8(9)10(12,13)14/h2-3H,1H3. The Morgan fingerprint density at radius 2 is 2.00 bits per heavy atom. The van der Waals surface area contributed by atoms with Crippen molar-refractivity contribution in [2.45, 2.75) is 13.1 Å². The van der Waals surface area contributed by atoms with Gasteiger partial charge in [-0.05, 0) is 19.1 Å². The largest absolute Gasteiger partial charge is 0.417 e. The molecule has 2 nitrogen and oxygen atoms in total. The lowest BCUT2D eigenvalue weighted by molar-refractivity contribution is -0.137. The molecule has 0 aliphatic carbocycles. The predicted molar refractivity (Wildman–Crippen MR) is 51.2 cm³/mol. The van der Waals surface area contributed by atoms with Crippen LogP contribution < -0.4 is 0 Å². The summed E-state index contributed by atoms with van der Waals surface area (Å²) < 4.78 is 37.8. The zero-order chi connectivity index (χ0) is 12.5. The van der Waals surface area contributed by atoms with Crippen molar-refractivity contribution >= 4 is 17.4 Å². The number of rotatable bonds is 1. The lowest BCUT2D eigenvalue weighted by Gasteiger charge is -2.12. The molecule has 0 N–H and O–H groups in total. The van der Waals surface area contributed by atoms with E-state index in [1.807, 2.05) is 0 Å². The van der Waals surface area contributed by atoms with Gasteiger partial charge in [-0.2, -0.15) is 18.4 Å². The molecular formula is C10H5ClF3NO. The lowest BCUT2D eigenvalue weighted by atomic mass is 9.98. The van der Waals surface area contributed by atoms with Gasteiger partial charge in [-0.3, -0.25) is 4.79 Å². The van der Waals surface area contributed by atoms with Crippen LogP contribution in [0.4, 0.5) is 13.2 Å². The first-order valence-electron chi connectivity index (χ1n) is 4.09. The highest BCUT2D eigenvalue weighted by atomic mass is 35.5. The molecule has 0 spiro atoms. The Hall–Kier alpha value is -1.54. The van der Waals surface area contributed by atoms with Crippen LogP contribution in [-0.4, -0.2) is 5.78 Å². The second kappa shape index (κ2) is 4.14. The van der Waals surface area contributed by atoms with Crippen LogP contribution in [0.2, 0.25) is 5.02 Å². The Morgan fingerprint density at radius 1 is 1.44 bits per heavy atom. The number of nitriles is 1. The minimum absolute atomic E-state index is 0.228.